The molecule has 1 unspecified atom stereocenters. The summed E-state index contributed by atoms with van der Waals surface area (Å²) in [7, 11) is 2.12. The summed E-state index contributed by atoms with van der Waals surface area (Å²) in [5, 5.41) is 10.3. The predicted octanol–water partition coefficient (Wildman–Crippen LogP) is 3.07. The first-order chi connectivity index (χ1) is 8.54. The van der Waals surface area contributed by atoms with Crippen LogP contribution in [-0.2, 0) is 0 Å². The van der Waals surface area contributed by atoms with Gasteiger partial charge in [0, 0.05) is 13.1 Å². The van der Waals surface area contributed by atoms with Gasteiger partial charge in [0.25, 0.3) is 0 Å². The van der Waals surface area contributed by atoms with Gasteiger partial charge in [0.05, 0.1) is 6.10 Å². The quantitative estimate of drug-likeness (QED) is 0.864. The number of aryl methyl sites for hydroxylation is 2. The Bertz CT molecular complexity index is 378. The monoisotopic (exact) mass is 247 g/mol. The van der Waals surface area contributed by atoms with E-state index in [1.54, 1.807) is 0 Å². The first kappa shape index (κ1) is 13.6. The normalized spacial score (nSPS) is 17.8. The predicted molar refractivity (Wildman–Crippen MR) is 75.7 cm³/mol. The Morgan fingerprint density at radius 1 is 1.22 bits per heavy atom. The molecule has 18 heavy (non-hydrogen) atoms. The van der Waals surface area contributed by atoms with Crippen molar-refractivity contribution in [3.05, 3.63) is 34.9 Å². The summed E-state index contributed by atoms with van der Waals surface area (Å²) in [6.45, 7) is 6.03. The van der Waals surface area contributed by atoms with E-state index in [-0.39, 0.29) is 6.10 Å². The van der Waals surface area contributed by atoms with Gasteiger partial charge in [0.2, 0.25) is 0 Å². The van der Waals surface area contributed by atoms with Gasteiger partial charge in [0.15, 0.2) is 0 Å². The second kappa shape index (κ2) is 5.85. The first-order valence-corrected chi connectivity index (χ1v) is 6.99. The summed E-state index contributed by atoms with van der Waals surface area (Å²) >= 11 is 0. The highest BCUT2D eigenvalue weighted by Gasteiger charge is 2.20. The Morgan fingerprint density at radius 3 is 2.33 bits per heavy atom. The molecule has 1 N–H and O–H groups in total. The maximum absolute atomic E-state index is 10.3. The van der Waals surface area contributed by atoms with E-state index in [2.05, 4.69) is 44.0 Å². The molecule has 0 radical (unpaired) electrons. The number of aliphatic hydroxyl groups is 1. The lowest BCUT2D eigenvalue weighted by Crippen LogP contribution is -2.32. The zero-order chi connectivity index (χ0) is 13.1. The average Bonchev–Trinajstić information content (AvgIpc) is 2.22. The van der Waals surface area contributed by atoms with Crippen LogP contribution in [0.15, 0.2) is 18.2 Å². The van der Waals surface area contributed by atoms with Crippen molar-refractivity contribution in [2.75, 3.05) is 20.1 Å². The van der Waals surface area contributed by atoms with Crippen LogP contribution in [0.3, 0.4) is 0 Å². The van der Waals surface area contributed by atoms with E-state index in [0.29, 0.717) is 0 Å². The maximum atomic E-state index is 10.3. The average molecular weight is 247 g/mol. The van der Waals surface area contributed by atoms with Gasteiger partial charge in [-0.05, 0) is 45.2 Å². The van der Waals surface area contributed by atoms with Gasteiger partial charge in [-0.1, -0.05) is 35.7 Å². The number of aliphatic hydroxyl groups excluding tert-OH is 1. The number of hydrogen-bond acceptors (Lipinski definition) is 2. The van der Waals surface area contributed by atoms with Gasteiger partial charge in [0.1, 0.15) is 0 Å². The van der Waals surface area contributed by atoms with Gasteiger partial charge < -0.3 is 10.0 Å². The molecule has 1 aromatic rings. The molecule has 2 nitrogen and oxygen atoms in total. The van der Waals surface area contributed by atoms with Crippen molar-refractivity contribution in [2.45, 2.75) is 39.2 Å². The summed E-state index contributed by atoms with van der Waals surface area (Å²) in [5.74, 6) is 0.862. The third kappa shape index (κ3) is 3.56. The molecule has 0 spiro atoms. The molecule has 1 aliphatic rings. The van der Waals surface area contributed by atoms with Crippen molar-refractivity contribution in [1.29, 1.82) is 0 Å². The molecule has 100 valence electrons. The van der Waals surface area contributed by atoms with E-state index < -0.39 is 0 Å². The first-order valence-electron chi connectivity index (χ1n) is 6.99. The minimum Gasteiger partial charge on any atom is -0.387 e. The Morgan fingerprint density at radius 2 is 1.83 bits per heavy atom. The van der Waals surface area contributed by atoms with E-state index in [9.17, 15) is 5.11 Å². The third-order valence-electron chi connectivity index (χ3n) is 3.91. The number of benzene rings is 1. The molecule has 0 aliphatic heterocycles. The summed E-state index contributed by atoms with van der Waals surface area (Å²) in [6.07, 6.45) is 3.75. The van der Waals surface area contributed by atoms with E-state index in [1.165, 1.54) is 30.4 Å². The molecule has 1 atom stereocenters. The van der Waals surface area contributed by atoms with E-state index in [1.807, 2.05) is 0 Å². The highest BCUT2D eigenvalue weighted by Crippen LogP contribution is 2.27. The van der Waals surface area contributed by atoms with Crippen LogP contribution >= 0.6 is 0 Å². The second-order valence-corrected chi connectivity index (χ2v) is 5.95. The largest absolute Gasteiger partial charge is 0.387 e. The van der Waals surface area contributed by atoms with Crippen LogP contribution in [0.4, 0.5) is 0 Å². The van der Waals surface area contributed by atoms with Crippen LogP contribution in [0.2, 0.25) is 0 Å². The highest BCUT2D eigenvalue weighted by molar-refractivity contribution is 5.30. The lowest BCUT2D eigenvalue weighted by atomic mass is 9.85. The molecule has 0 saturated heterocycles. The van der Waals surface area contributed by atoms with Gasteiger partial charge >= 0.3 is 0 Å². The lowest BCUT2D eigenvalue weighted by Gasteiger charge is -2.31. The van der Waals surface area contributed by atoms with Gasteiger partial charge in [-0.15, -0.1) is 0 Å². The summed E-state index contributed by atoms with van der Waals surface area (Å²) in [6, 6.07) is 6.33. The minimum absolute atomic E-state index is 0.367. The summed E-state index contributed by atoms with van der Waals surface area (Å²) < 4.78 is 0. The van der Waals surface area contributed by atoms with E-state index >= 15 is 0 Å². The number of hydrogen-bond donors (Lipinski definition) is 1. The van der Waals surface area contributed by atoms with Crippen molar-refractivity contribution in [1.82, 2.24) is 4.90 Å². The molecule has 0 heterocycles. The Kier molecular flexibility index (Phi) is 4.41. The van der Waals surface area contributed by atoms with Crippen molar-refractivity contribution in [3.8, 4) is 0 Å². The van der Waals surface area contributed by atoms with Crippen molar-refractivity contribution in [3.63, 3.8) is 0 Å². The summed E-state index contributed by atoms with van der Waals surface area (Å²) in [4.78, 5) is 2.27. The van der Waals surface area contributed by atoms with Crippen LogP contribution < -0.4 is 0 Å². The lowest BCUT2D eigenvalue weighted by molar-refractivity contribution is 0.107. The fraction of sp³-hybridized carbons (Fsp3) is 0.625. The van der Waals surface area contributed by atoms with E-state index in [0.717, 1.165) is 24.6 Å². The van der Waals surface area contributed by atoms with Gasteiger partial charge in [-0.3, -0.25) is 0 Å². The number of nitrogens with zero attached hydrogens (tertiary/aromatic N) is 1. The Balaban J connectivity index is 1.91. The molecule has 0 bridgehead atoms. The number of rotatable bonds is 5. The Labute approximate surface area is 111 Å². The van der Waals surface area contributed by atoms with Crippen LogP contribution in [0, 0.1) is 19.8 Å². The fourth-order valence-corrected chi connectivity index (χ4v) is 2.79. The molecule has 0 amide bonds. The molecular weight excluding hydrogens is 222 g/mol. The minimum atomic E-state index is -0.367. The smallest absolute Gasteiger partial charge is 0.0916 e. The Hall–Kier alpha value is -0.860. The molecule has 1 saturated carbocycles. The van der Waals surface area contributed by atoms with Crippen LogP contribution in [0.25, 0.3) is 0 Å². The van der Waals surface area contributed by atoms with Gasteiger partial charge in [-0.25, -0.2) is 0 Å². The topological polar surface area (TPSA) is 23.5 Å². The highest BCUT2D eigenvalue weighted by atomic mass is 16.3. The fourth-order valence-electron chi connectivity index (χ4n) is 2.79. The zero-order valence-electron chi connectivity index (χ0n) is 11.8. The SMILES string of the molecule is Cc1cc(C)cc(C(O)CN(C)CC2CCC2)c1. The molecule has 2 rings (SSSR count). The van der Waals surface area contributed by atoms with Crippen LogP contribution in [-0.4, -0.2) is 30.1 Å². The molecule has 2 heteroatoms. The van der Waals surface area contributed by atoms with Crippen LogP contribution in [0.5, 0.6) is 0 Å². The standard InChI is InChI=1S/C16H25NO/c1-12-7-13(2)9-15(8-12)16(18)11-17(3)10-14-5-4-6-14/h7-9,14,16,18H,4-6,10-11H2,1-3H3. The summed E-state index contributed by atoms with van der Waals surface area (Å²) in [5.41, 5.74) is 3.50. The van der Waals surface area contributed by atoms with Gasteiger partial charge in [-0.2, -0.15) is 0 Å². The molecule has 1 aliphatic carbocycles. The zero-order valence-corrected chi connectivity index (χ0v) is 11.8. The maximum Gasteiger partial charge on any atom is 0.0916 e. The molecule has 0 aromatic heterocycles. The molecular formula is C16H25NO. The third-order valence-corrected chi connectivity index (χ3v) is 3.91. The van der Waals surface area contributed by atoms with Crippen LogP contribution in [0.1, 0.15) is 42.1 Å². The molecule has 1 aromatic carbocycles. The van der Waals surface area contributed by atoms with Crippen molar-refractivity contribution < 1.29 is 5.11 Å². The van der Waals surface area contributed by atoms with Crippen molar-refractivity contribution >= 4 is 0 Å². The van der Waals surface area contributed by atoms with Crippen molar-refractivity contribution in [2.24, 2.45) is 5.92 Å². The number of likely N-dealkylation sites (N-methyl/N-ethyl adjacent to an activating group) is 1. The second-order valence-electron chi connectivity index (χ2n) is 5.95. The van der Waals surface area contributed by atoms with E-state index in [4.69, 9.17) is 0 Å². The molecule has 1 fully saturated rings.